The third-order valence-corrected chi connectivity index (χ3v) is 3.48. The smallest absolute Gasteiger partial charge is 0.271 e. The van der Waals surface area contributed by atoms with Crippen LogP contribution in [0.15, 0.2) is 15.6 Å². The number of furan rings is 1. The summed E-state index contributed by atoms with van der Waals surface area (Å²) in [4.78, 5) is 11.8. The summed E-state index contributed by atoms with van der Waals surface area (Å²) in [6.45, 7) is 4.67. The molecule has 0 aromatic carbocycles. The molecule has 1 aromatic heterocycles. The van der Waals surface area contributed by atoms with Gasteiger partial charge in [0.05, 0.1) is 5.56 Å². The quantitative estimate of drug-likeness (QED) is 0.781. The van der Waals surface area contributed by atoms with Gasteiger partial charge < -0.3 is 9.73 Å². The maximum absolute atomic E-state index is 11.8. The van der Waals surface area contributed by atoms with Crippen molar-refractivity contribution in [2.24, 2.45) is 11.1 Å². The van der Waals surface area contributed by atoms with E-state index in [1.54, 1.807) is 0 Å². The molecule has 1 heterocycles. The molecule has 8 heteroatoms. The van der Waals surface area contributed by atoms with E-state index in [4.69, 9.17) is 21.2 Å². The molecule has 0 spiro atoms. The van der Waals surface area contributed by atoms with Crippen LogP contribution in [-0.2, 0) is 10.0 Å². The number of amides is 1. The second kappa shape index (κ2) is 6.40. The van der Waals surface area contributed by atoms with Crippen LogP contribution >= 0.6 is 11.6 Å². The second-order valence-electron chi connectivity index (χ2n) is 4.59. The van der Waals surface area contributed by atoms with Crippen LogP contribution in [0.4, 0.5) is 0 Å². The standard InChI is InChI=1S/C11H17ClN2O4S/c1-7(2)4-3-5-14-11(15)8-6-9(18-10(8)12)19(13,16)17/h6-7H,3-5H2,1-2H3,(H,14,15)(H2,13,16,17). The van der Waals surface area contributed by atoms with Crippen molar-refractivity contribution in [3.63, 3.8) is 0 Å². The number of primary sulfonamides is 1. The van der Waals surface area contributed by atoms with Crippen molar-refractivity contribution in [2.75, 3.05) is 6.54 Å². The molecule has 0 fully saturated rings. The van der Waals surface area contributed by atoms with Crippen molar-refractivity contribution in [2.45, 2.75) is 31.8 Å². The molecular formula is C11H17ClN2O4S. The molecule has 1 aromatic rings. The number of sulfonamides is 1. The Labute approximate surface area is 117 Å². The van der Waals surface area contributed by atoms with Gasteiger partial charge in [0, 0.05) is 12.6 Å². The molecule has 0 bridgehead atoms. The van der Waals surface area contributed by atoms with E-state index >= 15 is 0 Å². The van der Waals surface area contributed by atoms with Crippen LogP contribution in [0.25, 0.3) is 0 Å². The highest BCUT2D eigenvalue weighted by atomic mass is 35.5. The highest BCUT2D eigenvalue weighted by molar-refractivity contribution is 7.89. The summed E-state index contributed by atoms with van der Waals surface area (Å²) < 4.78 is 26.8. The van der Waals surface area contributed by atoms with E-state index in [1.165, 1.54) is 0 Å². The molecule has 0 aliphatic heterocycles. The molecule has 0 radical (unpaired) electrons. The van der Waals surface area contributed by atoms with Crippen LogP contribution < -0.4 is 10.5 Å². The number of hydrogen-bond donors (Lipinski definition) is 2. The molecule has 1 amide bonds. The number of hydrogen-bond acceptors (Lipinski definition) is 4. The predicted octanol–water partition coefficient (Wildman–Crippen LogP) is 1.75. The molecular weight excluding hydrogens is 292 g/mol. The topological polar surface area (TPSA) is 102 Å². The lowest BCUT2D eigenvalue weighted by molar-refractivity contribution is 0.0952. The van der Waals surface area contributed by atoms with Gasteiger partial charge in [-0.05, 0) is 30.4 Å². The third-order valence-electron chi connectivity index (χ3n) is 2.43. The fourth-order valence-electron chi connectivity index (χ4n) is 1.45. The molecule has 3 N–H and O–H groups in total. The van der Waals surface area contributed by atoms with Crippen LogP contribution in [0.5, 0.6) is 0 Å². The Morgan fingerprint density at radius 2 is 2.16 bits per heavy atom. The molecule has 0 aliphatic rings. The van der Waals surface area contributed by atoms with E-state index in [0.29, 0.717) is 12.5 Å². The Kier molecular flexibility index (Phi) is 5.39. The van der Waals surface area contributed by atoms with Gasteiger partial charge in [-0.15, -0.1) is 0 Å². The molecule has 108 valence electrons. The number of nitrogens with one attached hydrogen (secondary N) is 1. The zero-order chi connectivity index (χ0) is 14.6. The van der Waals surface area contributed by atoms with Gasteiger partial charge in [-0.3, -0.25) is 4.79 Å². The highest BCUT2D eigenvalue weighted by Crippen LogP contribution is 2.23. The van der Waals surface area contributed by atoms with Gasteiger partial charge in [-0.25, -0.2) is 13.6 Å². The SMILES string of the molecule is CC(C)CCCNC(=O)c1cc(S(N)(=O)=O)oc1Cl. The third kappa shape index (κ3) is 4.85. The van der Waals surface area contributed by atoms with Crippen LogP contribution in [0.3, 0.4) is 0 Å². The summed E-state index contributed by atoms with van der Waals surface area (Å²) in [6, 6.07) is 1.02. The lowest BCUT2D eigenvalue weighted by Gasteiger charge is -2.05. The van der Waals surface area contributed by atoms with Crippen LogP contribution in [-0.4, -0.2) is 20.9 Å². The second-order valence-corrected chi connectivity index (χ2v) is 6.43. The van der Waals surface area contributed by atoms with E-state index in [0.717, 1.165) is 18.9 Å². The molecule has 0 atom stereocenters. The molecule has 0 aliphatic carbocycles. The Morgan fingerprint density at radius 3 is 2.63 bits per heavy atom. The maximum atomic E-state index is 11.8. The number of carbonyl (C=O) groups excluding carboxylic acids is 1. The van der Waals surface area contributed by atoms with Crippen LogP contribution in [0.2, 0.25) is 5.22 Å². The summed E-state index contributed by atoms with van der Waals surface area (Å²) in [7, 11) is -4.01. The van der Waals surface area contributed by atoms with E-state index < -0.39 is 21.0 Å². The first-order chi connectivity index (χ1) is 8.71. The van der Waals surface area contributed by atoms with E-state index in [2.05, 4.69) is 19.2 Å². The number of nitrogens with two attached hydrogens (primary N) is 1. The van der Waals surface area contributed by atoms with Gasteiger partial charge >= 0.3 is 0 Å². The summed E-state index contributed by atoms with van der Waals surface area (Å²) in [5.74, 6) is 0.0795. The average molecular weight is 309 g/mol. The summed E-state index contributed by atoms with van der Waals surface area (Å²) in [5, 5.41) is 6.71. The first kappa shape index (κ1) is 16.0. The fraction of sp³-hybridized carbons (Fsp3) is 0.545. The normalized spacial score (nSPS) is 11.8. The van der Waals surface area contributed by atoms with Crippen molar-refractivity contribution in [3.05, 3.63) is 16.8 Å². The number of carbonyl (C=O) groups is 1. The Hall–Kier alpha value is -1.05. The van der Waals surface area contributed by atoms with Crippen molar-refractivity contribution in [1.82, 2.24) is 5.32 Å². The van der Waals surface area contributed by atoms with Crippen LogP contribution in [0.1, 0.15) is 37.0 Å². The zero-order valence-electron chi connectivity index (χ0n) is 10.8. The van der Waals surface area contributed by atoms with Crippen molar-refractivity contribution >= 4 is 27.5 Å². The van der Waals surface area contributed by atoms with Gasteiger partial charge in [-0.2, -0.15) is 0 Å². The van der Waals surface area contributed by atoms with Crippen molar-refractivity contribution in [3.8, 4) is 0 Å². The lowest BCUT2D eigenvalue weighted by Crippen LogP contribution is -2.24. The molecule has 0 saturated heterocycles. The van der Waals surface area contributed by atoms with Gasteiger partial charge in [-0.1, -0.05) is 13.8 Å². The average Bonchev–Trinajstić information content (AvgIpc) is 2.66. The summed E-state index contributed by atoms with van der Waals surface area (Å²) >= 11 is 5.66. The van der Waals surface area contributed by atoms with Crippen molar-refractivity contribution < 1.29 is 17.6 Å². The number of rotatable bonds is 6. The van der Waals surface area contributed by atoms with Crippen molar-refractivity contribution in [1.29, 1.82) is 0 Å². The number of halogens is 1. The molecule has 19 heavy (non-hydrogen) atoms. The van der Waals surface area contributed by atoms with E-state index in [-0.39, 0.29) is 10.8 Å². The monoisotopic (exact) mass is 308 g/mol. The molecule has 6 nitrogen and oxygen atoms in total. The van der Waals surface area contributed by atoms with E-state index in [9.17, 15) is 13.2 Å². The van der Waals surface area contributed by atoms with Gasteiger partial charge in [0.2, 0.25) is 10.3 Å². The summed E-state index contributed by atoms with van der Waals surface area (Å²) in [5.41, 5.74) is -0.0322. The first-order valence-electron chi connectivity index (χ1n) is 5.82. The highest BCUT2D eigenvalue weighted by Gasteiger charge is 2.21. The molecule has 0 saturated carbocycles. The van der Waals surface area contributed by atoms with Crippen LogP contribution in [0, 0.1) is 5.92 Å². The first-order valence-corrected chi connectivity index (χ1v) is 7.74. The predicted molar refractivity (Wildman–Crippen MR) is 71.5 cm³/mol. The minimum Gasteiger partial charge on any atom is -0.431 e. The maximum Gasteiger partial charge on any atom is 0.271 e. The Balaban J connectivity index is 2.65. The minimum atomic E-state index is -4.01. The Morgan fingerprint density at radius 1 is 1.53 bits per heavy atom. The van der Waals surface area contributed by atoms with Gasteiger partial charge in [0.1, 0.15) is 0 Å². The van der Waals surface area contributed by atoms with Gasteiger partial charge in [0.25, 0.3) is 15.9 Å². The largest absolute Gasteiger partial charge is 0.431 e. The van der Waals surface area contributed by atoms with E-state index in [1.807, 2.05) is 0 Å². The summed E-state index contributed by atoms with van der Waals surface area (Å²) in [6.07, 6.45) is 1.82. The molecule has 1 rings (SSSR count). The lowest BCUT2D eigenvalue weighted by atomic mass is 10.1. The van der Waals surface area contributed by atoms with Gasteiger partial charge in [0.15, 0.2) is 0 Å². The Bertz CT molecular complexity index is 551. The minimum absolute atomic E-state index is 0.0322. The zero-order valence-corrected chi connectivity index (χ0v) is 12.3. The fourth-order valence-corrected chi connectivity index (χ4v) is 2.20. The molecule has 0 unspecified atom stereocenters.